The number of aromatic hydroxyl groups is 1. The standard InChI is InChI=1S/C17H19FN2O3/c1-12(23-16-8-6-15(21)7-9-16)20-17(22)19-11-10-13-2-4-14(18)5-3-13/h2-9,12,21H,10-11H2,1H3,(H2,19,20,22). The minimum Gasteiger partial charge on any atom is -0.508 e. The number of hydrogen-bond donors (Lipinski definition) is 3. The minimum absolute atomic E-state index is 0.150. The van der Waals surface area contributed by atoms with E-state index in [-0.39, 0.29) is 17.6 Å². The number of ether oxygens (including phenoxy) is 1. The van der Waals surface area contributed by atoms with E-state index in [4.69, 9.17) is 4.74 Å². The molecule has 0 aliphatic carbocycles. The van der Waals surface area contributed by atoms with Crippen LogP contribution in [0.5, 0.6) is 11.5 Å². The van der Waals surface area contributed by atoms with Gasteiger partial charge < -0.3 is 20.5 Å². The highest BCUT2D eigenvalue weighted by Crippen LogP contribution is 2.16. The van der Waals surface area contributed by atoms with Crippen molar-refractivity contribution in [3.63, 3.8) is 0 Å². The second-order valence-corrected chi connectivity index (χ2v) is 5.03. The van der Waals surface area contributed by atoms with Gasteiger partial charge in [0.25, 0.3) is 0 Å². The highest BCUT2D eigenvalue weighted by Gasteiger charge is 2.08. The highest BCUT2D eigenvalue weighted by molar-refractivity contribution is 5.74. The van der Waals surface area contributed by atoms with Gasteiger partial charge in [-0.3, -0.25) is 0 Å². The number of nitrogens with one attached hydrogen (secondary N) is 2. The number of halogens is 1. The molecular weight excluding hydrogens is 299 g/mol. The second-order valence-electron chi connectivity index (χ2n) is 5.03. The second kappa shape index (κ2) is 8.03. The molecule has 23 heavy (non-hydrogen) atoms. The number of amides is 2. The predicted molar refractivity (Wildman–Crippen MR) is 84.8 cm³/mol. The summed E-state index contributed by atoms with van der Waals surface area (Å²) in [4.78, 5) is 11.7. The number of benzene rings is 2. The Morgan fingerprint density at radius 2 is 1.83 bits per heavy atom. The first-order chi connectivity index (χ1) is 11.0. The molecule has 0 heterocycles. The molecule has 0 saturated carbocycles. The van der Waals surface area contributed by atoms with Crippen molar-refractivity contribution in [3.05, 3.63) is 59.9 Å². The maximum Gasteiger partial charge on any atom is 0.317 e. The van der Waals surface area contributed by atoms with Crippen molar-refractivity contribution in [3.8, 4) is 11.5 Å². The molecule has 5 nitrogen and oxygen atoms in total. The van der Waals surface area contributed by atoms with E-state index >= 15 is 0 Å². The van der Waals surface area contributed by atoms with E-state index in [1.807, 2.05) is 0 Å². The fourth-order valence-corrected chi connectivity index (χ4v) is 1.97. The molecular formula is C17H19FN2O3. The Balaban J connectivity index is 1.69. The van der Waals surface area contributed by atoms with Gasteiger partial charge >= 0.3 is 6.03 Å². The van der Waals surface area contributed by atoms with Crippen LogP contribution in [0.3, 0.4) is 0 Å². The molecule has 2 rings (SSSR count). The lowest BCUT2D eigenvalue weighted by molar-refractivity contribution is 0.177. The van der Waals surface area contributed by atoms with Crippen LogP contribution in [-0.2, 0) is 6.42 Å². The number of carbonyl (C=O) groups excluding carboxylic acids is 1. The number of carbonyl (C=O) groups is 1. The summed E-state index contributed by atoms with van der Waals surface area (Å²) in [7, 11) is 0. The van der Waals surface area contributed by atoms with Gasteiger partial charge in [0, 0.05) is 6.54 Å². The highest BCUT2D eigenvalue weighted by atomic mass is 19.1. The molecule has 0 aliphatic heterocycles. The van der Waals surface area contributed by atoms with E-state index in [9.17, 15) is 14.3 Å². The Kier molecular flexibility index (Phi) is 5.80. The van der Waals surface area contributed by atoms with Crippen LogP contribution in [0, 0.1) is 5.82 Å². The average molecular weight is 318 g/mol. The first-order valence-electron chi connectivity index (χ1n) is 7.27. The van der Waals surface area contributed by atoms with Crippen LogP contribution in [0.15, 0.2) is 48.5 Å². The first-order valence-corrected chi connectivity index (χ1v) is 7.27. The summed E-state index contributed by atoms with van der Waals surface area (Å²) in [6.07, 6.45) is 0.0892. The monoisotopic (exact) mass is 318 g/mol. The van der Waals surface area contributed by atoms with Gasteiger partial charge in [-0.1, -0.05) is 12.1 Å². The maximum absolute atomic E-state index is 12.8. The molecule has 0 fully saturated rings. The lowest BCUT2D eigenvalue weighted by Gasteiger charge is -2.16. The molecule has 2 aromatic carbocycles. The van der Waals surface area contributed by atoms with Crippen LogP contribution in [0.4, 0.5) is 9.18 Å². The molecule has 0 aliphatic rings. The third-order valence-corrected chi connectivity index (χ3v) is 3.10. The summed E-state index contributed by atoms with van der Waals surface area (Å²) in [5.41, 5.74) is 0.945. The fraction of sp³-hybridized carbons (Fsp3) is 0.235. The van der Waals surface area contributed by atoms with Gasteiger partial charge in [-0.15, -0.1) is 0 Å². The number of urea groups is 1. The van der Waals surface area contributed by atoms with Crippen LogP contribution >= 0.6 is 0 Å². The van der Waals surface area contributed by atoms with Crippen LogP contribution < -0.4 is 15.4 Å². The van der Waals surface area contributed by atoms with Gasteiger partial charge in [0.1, 0.15) is 17.3 Å². The Hall–Kier alpha value is -2.76. The third kappa shape index (κ3) is 5.86. The van der Waals surface area contributed by atoms with Gasteiger partial charge in [0.15, 0.2) is 6.23 Å². The zero-order valence-corrected chi connectivity index (χ0v) is 12.8. The molecule has 2 aromatic rings. The lowest BCUT2D eigenvalue weighted by Crippen LogP contribution is -2.43. The summed E-state index contributed by atoms with van der Waals surface area (Å²) in [6, 6.07) is 12.0. The van der Waals surface area contributed by atoms with Gasteiger partial charge in [0.2, 0.25) is 0 Å². The van der Waals surface area contributed by atoms with Crippen LogP contribution in [0.2, 0.25) is 0 Å². The number of rotatable bonds is 6. The van der Waals surface area contributed by atoms with Gasteiger partial charge in [-0.25, -0.2) is 9.18 Å². The smallest absolute Gasteiger partial charge is 0.317 e. The van der Waals surface area contributed by atoms with Gasteiger partial charge in [-0.2, -0.15) is 0 Å². The largest absolute Gasteiger partial charge is 0.508 e. The molecule has 0 radical (unpaired) electrons. The summed E-state index contributed by atoms with van der Waals surface area (Å²) in [5.74, 6) is 0.415. The normalized spacial score (nSPS) is 11.6. The fourth-order valence-electron chi connectivity index (χ4n) is 1.97. The Morgan fingerprint density at radius 1 is 1.17 bits per heavy atom. The summed E-state index contributed by atoms with van der Waals surface area (Å²) in [6.45, 7) is 2.13. The van der Waals surface area contributed by atoms with E-state index in [0.29, 0.717) is 18.7 Å². The van der Waals surface area contributed by atoms with E-state index in [0.717, 1.165) is 5.56 Å². The molecule has 0 aromatic heterocycles. The quantitative estimate of drug-likeness (QED) is 0.717. The molecule has 1 unspecified atom stereocenters. The summed E-state index contributed by atoms with van der Waals surface area (Å²) in [5, 5.41) is 14.5. The van der Waals surface area contributed by atoms with Crippen LogP contribution in [0.25, 0.3) is 0 Å². The van der Waals surface area contributed by atoms with Gasteiger partial charge in [0.05, 0.1) is 0 Å². The van der Waals surface area contributed by atoms with E-state index in [1.54, 1.807) is 31.2 Å². The first kappa shape index (κ1) is 16.6. The predicted octanol–water partition coefficient (Wildman–Crippen LogP) is 2.80. The Bertz CT molecular complexity index is 629. The van der Waals surface area contributed by atoms with E-state index in [2.05, 4.69) is 10.6 Å². The number of phenols is 1. The van der Waals surface area contributed by atoms with Crippen molar-refractivity contribution in [1.29, 1.82) is 0 Å². The van der Waals surface area contributed by atoms with E-state index in [1.165, 1.54) is 24.3 Å². The number of hydrogen-bond acceptors (Lipinski definition) is 3. The molecule has 0 bridgehead atoms. The third-order valence-electron chi connectivity index (χ3n) is 3.10. The minimum atomic E-state index is -0.523. The zero-order valence-electron chi connectivity index (χ0n) is 12.8. The Morgan fingerprint density at radius 3 is 2.48 bits per heavy atom. The van der Waals surface area contributed by atoms with Crippen molar-refractivity contribution >= 4 is 6.03 Å². The zero-order chi connectivity index (χ0) is 16.7. The van der Waals surface area contributed by atoms with Crippen molar-refractivity contribution in [2.24, 2.45) is 0 Å². The van der Waals surface area contributed by atoms with Crippen molar-refractivity contribution in [2.45, 2.75) is 19.6 Å². The Labute approximate surface area is 134 Å². The SMILES string of the molecule is CC(NC(=O)NCCc1ccc(F)cc1)Oc1ccc(O)cc1. The van der Waals surface area contributed by atoms with Crippen molar-refractivity contribution in [1.82, 2.24) is 10.6 Å². The molecule has 0 spiro atoms. The lowest BCUT2D eigenvalue weighted by atomic mass is 10.1. The van der Waals surface area contributed by atoms with Crippen LogP contribution in [0.1, 0.15) is 12.5 Å². The number of phenolic OH excluding ortho intramolecular Hbond substituents is 1. The average Bonchev–Trinajstić information content (AvgIpc) is 2.51. The molecule has 6 heteroatoms. The maximum atomic E-state index is 12.8. The van der Waals surface area contributed by atoms with Crippen molar-refractivity contribution < 1.29 is 19.0 Å². The molecule has 122 valence electrons. The van der Waals surface area contributed by atoms with Crippen molar-refractivity contribution in [2.75, 3.05) is 6.54 Å². The van der Waals surface area contributed by atoms with E-state index < -0.39 is 6.23 Å². The van der Waals surface area contributed by atoms with Gasteiger partial charge in [-0.05, 0) is 55.3 Å². The summed E-state index contributed by atoms with van der Waals surface area (Å²) < 4.78 is 18.3. The topological polar surface area (TPSA) is 70.6 Å². The van der Waals surface area contributed by atoms with Crippen LogP contribution in [-0.4, -0.2) is 23.9 Å². The molecule has 2 amide bonds. The molecule has 0 saturated heterocycles. The summed E-state index contributed by atoms with van der Waals surface area (Å²) >= 11 is 0. The molecule has 3 N–H and O–H groups in total. The molecule has 1 atom stereocenters.